The van der Waals surface area contributed by atoms with Crippen LogP contribution >= 0.6 is 0 Å². The molecule has 1 heterocycles. The van der Waals surface area contributed by atoms with Gasteiger partial charge in [0, 0.05) is 12.1 Å². The van der Waals surface area contributed by atoms with Crippen molar-refractivity contribution in [2.45, 2.75) is 13.8 Å². The van der Waals surface area contributed by atoms with Gasteiger partial charge in [-0.1, -0.05) is 4.68 Å². The van der Waals surface area contributed by atoms with Crippen molar-refractivity contribution in [1.82, 2.24) is 0 Å². The molecule has 1 aromatic rings. The number of carbonyl (C=O) groups excluding carboxylic acids is 1. The van der Waals surface area contributed by atoms with Gasteiger partial charge in [-0.05, 0) is 26.0 Å². The summed E-state index contributed by atoms with van der Waals surface area (Å²) >= 11 is 0. The Kier molecular flexibility index (Phi) is 5.00. The molecule has 0 aliphatic rings. The summed E-state index contributed by atoms with van der Waals surface area (Å²) in [5.74, 6) is -0.156. The summed E-state index contributed by atoms with van der Waals surface area (Å²) < 4.78 is 6.50. The molecule has 0 radical (unpaired) electrons. The third-order valence-electron chi connectivity index (χ3n) is 2.00. The van der Waals surface area contributed by atoms with Gasteiger partial charge < -0.3 is 9.84 Å². The Morgan fingerprint density at radius 2 is 2.35 bits per heavy atom. The van der Waals surface area contributed by atoms with Crippen LogP contribution in [0.1, 0.15) is 24.3 Å². The molecule has 0 saturated carbocycles. The van der Waals surface area contributed by atoms with E-state index in [-0.39, 0.29) is 11.7 Å². The number of nitrogens with zero attached hydrogens (tertiary/aromatic N) is 1. The van der Waals surface area contributed by atoms with Gasteiger partial charge in [0.05, 0.1) is 18.9 Å². The van der Waals surface area contributed by atoms with Gasteiger partial charge in [-0.15, -0.1) is 0 Å². The van der Waals surface area contributed by atoms with E-state index in [9.17, 15) is 4.79 Å². The number of nitrogens with one attached hydrogen (secondary N) is 1. The number of hydrogen-bond donors (Lipinski definition) is 2. The zero-order chi connectivity index (χ0) is 12.7. The van der Waals surface area contributed by atoms with Crippen LogP contribution < -0.4 is 10.1 Å². The second kappa shape index (κ2) is 6.52. The predicted octanol–water partition coefficient (Wildman–Crippen LogP) is 1.16. The molecule has 0 bridgehead atoms. The van der Waals surface area contributed by atoms with Crippen LogP contribution in [-0.2, 0) is 4.74 Å². The predicted molar refractivity (Wildman–Crippen MR) is 63.2 cm³/mol. The SMILES string of the molecule is CCOC(=O)c1cccc[n+]1NC/C=C(/C)O. The molecule has 0 atom stereocenters. The Labute approximate surface area is 100 Å². The first-order valence-electron chi connectivity index (χ1n) is 5.42. The second-order valence-corrected chi connectivity index (χ2v) is 3.38. The number of esters is 1. The Balaban J connectivity index is 2.77. The van der Waals surface area contributed by atoms with Crippen molar-refractivity contribution in [1.29, 1.82) is 0 Å². The maximum absolute atomic E-state index is 11.6. The zero-order valence-electron chi connectivity index (χ0n) is 10.0. The molecule has 92 valence electrons. The van der Waals surface area contributed by atoms with Crippen LogP contribution in [-0.4, -0.2) is 24.2 Å². The summed E-state index contributed by atoms with van der Waals surface area (Å²) in [5.41, 5.74) is 3.38. The number of rotatable bonds is 5. The summed E-state index contributed by atoms with van der Waals surface area (Å²) in [6.45, 7) is 4.10. The van der Waals surface area contributed by atoms with Gasteiger partial charge in [0.1, 0.15) is 0 Å². The van der Waals surface area contributed by atoms with Gasteiger partial charge in [0.2, 0.25) is 0 Å². The third-order valence-corrected chi connectivity index (χ3v) is 2.00. The van der Waals surface area contributed by atoms with E-state index in [0.717, 1.165) is 0 Å². The Morgan fingerprint density at radius 3 is 3.00 bits per heavy atom. The highest BCUT2D eigenvalue weighted by molar-refractivity contribution is 5.85. The average molecular weight is 237 g/mol. The average Bonchev–Trinajstić information content (AvgIpc) is 2.29. The van der Waals surface area contributed by atoms with E-state index in [1.165, 1.54) is 0 Å². The van der Waals surface area contributed by atoms with Crippen LogP contribution in [0.15, 0.2) is 36.2 Å². The molecule has 0 amide bonds. The van der Waals surface area contributed by atoms with E-state index in [0.29, 0.717) is 18.8 Å². The van der Waals surface area contributed by atoms with Crippen LogP contribution in [0.2, 0.25) is 0 Å². The quantitative estimate of drug-likeness (QED) is 0.458. The smallest absolute Gasteiger partial charge is 0.406 e. The number of ether oxygens (including phenoxy) is 1. The van der Waals surface area contributed by atoms with Crippen molar-refractivity contribution in [3.05, 3.63) is 41.9 Å². The highest BCUT2D eigenvalue weighted by Crippen LogP contribution is 1.94. The molecular weight excluding hydrogens is 220 g/mol. The third kappa shape index (κ3) is 4.14. The molecule has 5 heteroatoms. The number of aromatic nitrogens is 1. The van der Waals surface area contributed by atoms with Gasteiger partial charge in [-0.2, -0.15) is 5.43 Å². The summed E-state index contributed by atoms with van der Waals surface area (Å²) in [5, 5.41) is 9.01. The maximum atomic E-state index is 11.6. The Bertz CT molecular complexity index is 412. The topological polar surface area (TPSA) is 62.4 Å². The van der Waals surface area contributed by atoms with Gasteiger partial charge in [-0.3, -0.25) is 0 Å². The molecule has 5 nitrogen and oxygen atoms in total. The molecular formula is C12H17N2O3+. The maximum Gasteiger partial charge on any atom is 0.406 e. The molecule has 0 aliphatic carbocycles. The minimum Gasteiger partial charge on any atom is -0.513 e. The largest absolute Gasteiger partial charge is 0.513 e. The van der Waals surface area contributed by atoms with E-state index in [1.54, 1.807) is 49.0 Å². The Hall–Kier alpha value is -2.04. The normalized spacial score (nSPS) is 11.1. The van der Waals surface area contributed by atoms with Crippen LogP contribution in [0, 0.1) is 0 Å². The minimum absolute atomic E-state index is 0.228. The lowest BCUT2D eigenvalue weighted by molar-refractivity contribution is -0.652. The summed E-state index contributed by atoms with van der Waals surface area (Å²) in [6, 6.07) is 5.23. The number of hydrogen-bond acceptors (Lipinski definition) is 4. The first kappa shape index (κ1) is 13.0. The molecule has 0 aromatic carbocycles. The van der Waals surface area contributed by atoms with E-state index in [1.807, 2.05) is 0 Å². The lowest BCUT2D eigenvalue weighted by Gasteiger charge is -2.02. The fourth-order valence-corrected chi connectivity index (χ4v) is 1.24. The lowest BCUT2D eigenvalue weighted by atomic mass is 10.3. The monoisotopic (exact) mass is 237 g/mol. The molecule has 1 aromatic heterocycles. The summed E-state index contributed by atoms with van der Waals surface area (Å²) in [6.07, 6.45) is 3.32. The Morgan fingerprint density at radius 1 is 1.59 bits per heavy atom. The van der Waals surface area contributed by atoms with Crippen LogP contribution in [0.25, 0.3) is 0 Å². The number of aliphatic hydroxyl groups excluding tert-OH is 1. The summed E-state index contributed by atoms with van der Waals surface area (Å²) in [4.78, 5) is 11.6. The lowest BCUT2D eigenvalue weighted by Crippen LogP contribution is -2.50. The van der Waals surface area contributed by atoms with Crippen molar-refractivity contribution < 1.29 is 19.3 Å². The molecule has 0 spiro atoms. The van der Waals surface area contributed by atoms with Crippen molar-refractivity contribution in [2.75, 3.05) is 18.6 Å². The fraction of sp³-hybridized carbons (Fsp3) is 0.333. The minimum atomic E-state index is -0.384. The molecule has 0 unspecified atom stereocenters. The molecule has 2 N–H and O–H groups in total. The van der Waals surface area contributed by atoms with Crippen LogP contribution in [0.3, 0.4) is 0 Å². The number of aliphatic hydroxyl groups is 1. The van der Waals surface area contributed by atoms with Gasteiger partial charge >= 0.3 is 11.7 Å². The van der Waals surface area contributed by atoms with Crippen molar-refractivity contribution >= 4 is 5.97 Å². The molecule has 0 aliphatic heterocycles. The summed E-state index contributed by atoms with van der Waals surface area (Å²) in [7, 11) is 0. The molecule has 0 saturated heterocycles. The number of pyridine rings is 1. The van der Waals surface area contributed by atoms with Crippen LogP contribution in [0.5, 0.6) is 0 Å². The second-order valence-electron chi connectivity index (χ2n) is 3.38. The fourth-order valence-electron chi connectivity index (χ4n) is 1.24. The standard InChI is InChI=1S/C12H16N2O3/c1-3-17-12(16)11-6-4-5-9-14(11)13-8-7-10(2)15/h4-7,9H,3,8H2,1-2H3,(H-,13,15,16)/p+1/b10-7-. The van der Waals surface area contributed by atoms with E-state index < -0.39 is 0 Å². The van der Waals surface area contributed by atoms with Gasteiger partial charge in [0.15, 0.2) is 6.20 Å². The highest BCUT2D eigenvalue weighted by atomic mass is 16.5. The van der Waals surface area contributed by atoms with Crippen molar-refractivity contribution in [3.8, 4) is 0 Å². The van der Waals surface area contributed by atoms with Gasteiger partial charge in [-0.25, -0.2) is 4.79 Å². The molecule has 17 heavy (non-hydrogen) atoms. The van der Waals surface area contributed by atoms with Crippen molar-refractivity contribution in [3.63, 3.8) is 0 Å². The molecule has 1 rings (SSSR count). The van der Waals surface area contributed by atoms with Gasteiger partial charge in [0.25, 0.3) is 0 Å². The molecule has 0 fully saturated rings. The number of carbonyl (C=O) groups is 1. The first-order chi connectivity index (χ1) is 8.15. The first-order valence-corrected chi connectivity index (χ1v) is 5.42. The van der Waals surface area contributed by atoms with E-state index in [2.05, 4.69) is 5.43 Å². The highest BCUT2D eigenvalue weighted by Gasteiger charge is 2.19. The number of allylic oxidation sites excluding steroid dienone is 1. The van der Waals surface area contributed by atoms with E-state index in [4.69, 9.17) is 9.84 Å². The van der Waals surface area contributed by atoms with Crippen molar-refractivity contribution in [2.24, 2.45) is 0 Å². The van der Waals surface area contributed by atoms with Crippen LogP contribution in [0.4, 0.5) is 0 Å². The van der Waals surface area contributed by atoms with E-state index >= 15 is 0 Å². The zero-order valence-corrected chi connectivity index (χ0v) is 10.0.